The van der Waals surface area contributed by atoms with Gasteiger partial charge in [0.2, 0.25) is 0 Å². The normalized spacial score (nSPS) is 12.6. The Balaban J connectivity index is 2.06. The van der Waals surface area contributed by atoms with Crippen molar-refractivity contribution in [3.8, 4) is 5.75 Å². The highest BCUT2D eigenvalue weighted by molar-refractivity contribution is 5.52. The Labute approximate surface area is 115 Å². The van der Waals surface area contributed by atoms with Gasteiger partial charge in [-0.2, -0.15) is 0 Å². The molecule has 1 atom stereocenters. The highest BCUT2D eigenvalue weighted by Gasteiger charge is 2.00. The summed E-state index contributed by atoms with van der Waals surface area (Å²) < 4.78 is 5.15. The largest absolute Gasteiger partial charge is 0.497 e. The molecule has 98 valence electrons. The van der Waals surface area contributed by atoms with E-state index in [1.54, 1.807) is 7.11 Å². The van der Waals surface area contributed by atoms with Gasteiger partial charge in [-0.25, -0.2) is 0 Å². The predicted octanol–water partition coefficient (Wildman–Crippen LogP) is 4.82. The molecule has 0 aliphatic heterocycles. The lowest BCUT2D eigenvalue weighted by Gasteiger charge is -2.07. The fraction of sp³-hybridized carbons (Fsp3) is 0.222. The molecule has 0 unspecified atom stereocenters. The number of allylic oxidation sites excluding steroid dienone is 1. The Morgan fingerprint density at radius 2 is 1.58 bits per heavy atom. The molecule has 0 fully saturated rings. The molecule has 0 heterocycles. The maximum absolute atomic E-state index is 5.15. The van der Waals surface area contributed by atoms with Crippen LogP contribution in [0, 0.1) is 6.92 Å². The number of methoxy groups -OCH3 is 1. The first-order chi connectivity index (χ1) is 9.19. The third kappa shape index (κ3) is 3.72. The molecule has 0 amide bonds. The fourth-order valence-corrected chi connectivity index (χ4v) is 1.95. The number of benzene rings is 2. The third-order valence-electron chi connectivity index (χ3n) is 3.30. The Bertz CT molecular complexity index is 535. The zero-order valence-corrected chi connectivity index (χ0v) is 11.8. The second kappa shape index (κ2) is 6.24. The van der Waals surface area contributed by atoms with Crippen molar-refractivity contribution in [3.05, 3.63) is 71.3 Å². The van der Waals surface area contributed by atoms with Gasteiger partial charge in [0.25, 0.3) is 0 Å². The molecule has 2 aromatic carbocycles. The second-order valence-corrected chi connectivity index (χ2v) is 4.83. The quantitative estimate of drug-likeness (QED) is 0.758. The van der Waals surface area contributed by atoms with Crippen LogP contribution in [0.25, 0.3) is 6.08 Å². The van der Waals surface area contributed by atoms with Gasteiger partial charge in [-0.3, -0.25) is 0 Å². The van der Waals surface area contributed by atoms with Gasteiger partial charge in [0.15, 0.2) is 0 Å². The molecule has 0 aliphatic rings. The van der Waals surface area contributed by atoms with Crippen molar-refractivity contribution in [2.75, 3.05) is 7.11 Å². The van der Waals surface area contributed by atoms with Crippen LogP contribution >= 0.6 is 0 Å². The van der Waals surface area contributed by atoms with E-state index < -0.39 is 0 Å². The van der Waals surface area contributed by atoms with Gasteiger partial charge >= 0.3 is 0 Å². The molecule has 2 rings (SSSR count). The number of rotatable bonds is 4. The van der Waals surface area contributed by atoms with E-state index in [4.69, 9.17) is 4.74 Å². The first-order valence-corrected chi connectivity index (χ1v) is 6.58. The Morgan fingerprint density at radius 1 is 0.947 bits per heavy atom. The molecular formula is C18H20O. The van der Waals surface area contributed by atoms with Crippen LogP contribution in [0.15, 0.2) is 54.6 Å². The lowest BCUT2D eigenvalue weighted by molar-refractivity contribution is 0.415. The summed E-state index contributed by atoms with van der Waals surface area (Å²) in [5.41, 5.74) is 3.84. The summed E-state index contributed by atoms with van der Waals surface area (Å²) in [5, 5.41) is 0. The van der Waals surface area contributed by atoms with E-state index >= 15 is 0 Å². The Hall–Kier alpha value is -2.02. The zero-order chi connectivity index (χ0) is 13.7. The zero-order valence-electron chi connectivity index (χ0n) is 11.8. The summed E-state index contributed by atoms with van der Waals surface area (Å²) in [6, 6.07) is 16.8. The van der Waals surface area contributed by atoms with Crippen molar-refractivity contribution < 1.29 is 4.74 Å². The maximum atomic E-state index is 5.15. The summed E-state index contributed by atoms with van der Waals surface area (Å²) in [6.07, 6.45) is 4.39. The standard InChI is InChI=1S/C18H20O/c1-14-4-10-17(11-5-14)15(2)6-7-16-8-12-18(19-3)13-9-16/h4-13,15H,1-3H3/b7-6+/t15-/m1/s1. The highest BCUT2D eigenvalue weighted by atomic mass is 16.5. The van der Waals surface area contributed by atoms with Crippen LogP contribution in [-0.4, -0.2) is 7.11 Å². The molecule has 0 aromatic heterocycles. The third-order valence-corrected chi connectivity index (χ3v) is 3.30. The smallest absolute Gasteiger partial charge is 0.118 e. The number of aryl methyl sites for hydroxylation is 1. The number of hydrogen-bond donors (Lipinski definition) is 0. The molecule has 0 radical (unpaired) electrons. The summed E-state index contributed by atoms with van der Waals surface area (Å²) in [4.78, 5) is 0. The van der Waals surface area contributed by atoms with Crippen LogP contribution in [0.4, 0.5) is 0 Å². The lowest BCUT2D eigenvalue weighted by Crippen LogP contribution is -1.88. The molecule has 0 aliphatic carbocycles. The molecule has 0 bridgehead atoms. The Kier molecular flexibility index (Phi) is 4.40. The average molecular weight is 252 g/mol. The van der Waals surface area contributed by atoms with E-state index in [9.17, 15) is 0 Å². The van der Waals surface area contributed by atoms with Crippen molar-refractivity contribution >= 4 is 6.08 Å². The van der Waals surface area contributed by atoms with E-state index in [0.717, 1.165) is 5.75 Å². The summed E-state index contributed by atoms with van der Waals surface area (Å²) in [5.74, 6) is 1.31. The van der Waals surface area contributed by atoms with E-state index in [1.165, 1.54) is 16.7 Å². The number of hydrogen-bond acceptors (Lipinski definition) is 1. The van der Waals surface area contributed by atoms with Gasteiger partial charge < -0.3 is 4.74 Å². The number of ether oxygens (including phenoxy) is 1. The van der Waals surface area contributed by atoms with Crippen LogP contribution in [0.5, 0.6) is 5.75 Å². The van der Waals surface area contributed by atoms with Crippen molar-refractivity contribution in [1.29, 1.82) is 0 Å². The van der Waals surface area contributed by atoms with Crippen molar-refractivity contribution in [2.24, 2.45) is 0 Å². The summed E-state index contributed by atoms with van der Waals surface area (Å²) >= 11 is 0. The van der Waals surface area contributed by atoms with Crippen molar-refractivity contribution in [3.63, 3.8) is 0 Å². The van der Waals surface area contributed by atoms with Gasteiger partial charge in [-0.15, -0.1) is 0 Å². The van der Waals surface area contributed by atoms with E-state index in [1.807, 2.05) is 12.1 Å². The minimum Gasteiger partial charge on any atom is -0.497 e. The van der Waals surface area contributed by atoms with Crippen LogP contribution in [0.2, 0.25) is 0 Å². The SMILES string of the molecule is COc1ccc(/C=C/[C@@H](C)c2ccc(C)cc2)cc1. The molecule has 19 heavy (non-hydrogen) atoms. The van der Waals surface area contributed by atoms with Crippen LogP contribution in [0.3, 0.4) is 0 Å². The molecule has 0 saturated carbocycles. The van der Waals surface area contributed by atoms with Crippen molar-refractivity contribution in [2.45, 2.75) is 19.8 Å². The molecule has 0 N–H and O–H groups in total. The minimum atomic E-state index is 0.419. The molecular weight excluding hydrogens is 232 g/mol. The molecule has 1 nitrogen and oxygen atoms in total. The predicted molar refractivity (Wildman–Crippen MR) is 81.6 cm³/mol. The molecule has 0 saturated heterocycles. The van der Waals surface area contributed by atoms with Gasteiger partial charge in [0, 0.05) is 0 Å². The van der Waals surface area contributed by atoms with Gasteiger partial charge in [0.1, 0.15) is 5.75 Å². The van der Waals surface area contributed by atoms with Gasteiger partial charge in [-0.1, -0.05) is 61.0 Å². The van der Waals surface area contributed by atoms with Crippen LogP contribution in [0.1, 0.15) is 29.5 Å². The first-order valence-electron chi connectivity index (χ1n) is 6.58. The van der Waals surface area contributed by atoms with Gasteiger partial charge in [-0.05, 0) is 36.1 Å². The highest BCUT2D eigenvalue weighted by Crippen LogP contribution is 2.19. The van der Waals surface area contributed by atoms with E-state index in [2.05, 4.69) is 62.4 Å². The summed E-state index contributed by atoms with van der Waals surface area (Å²) in [6.45, 7) is 4.33. The van der Waals surface area contributed by atoms with E-state index in [0.29, 0.717) is 5.92 Å². The minimum absolute atomic E-state index is 0.419. The molecule has 0 spiro atoms. The molecule has 1 heteroatoms. The summed E-state index contributed by atoms with van der Waals surface area (Å²) in [7, 11) is 1.68. The second-order valence-electron chi connectivity index (χ2n) is 4.83. The lowest BCUT2D eigenvalue weighted by atomic mass is 9.99. The molecule has 2 aromatic rings. The first kappa shape index (κ1) is 13.4. The van der Waals surface area contributed by atoms with Crippen molar-refractivity contribution in [1.82, 2.24) is 0 Å². The van der Waals surface area contributed by atoms with E-state index in [-0.39, 0.29) is 0 Å². The van der Waals surface area contributed by atoms with Crippen LogP contribution < -0.4 is 4.74 Å². The average Bonchev–Trinajstić information content (AvgIpc) is 2.46. The maximum Gasteiger partial charge on any atom is 0.118 e. The Morgan fingerprint density at radius 3 is 2.16 bits per heavy atom. The fourth-order valence-electron chi connectivity index (χ4n) is 1.95. The topological polar surface area (TPSA) is 9.23 Å². The van der Waals surface area contributed by atoms with Gasteiger partial charge in [0.05, 0.1) is 7.11 Å². The monoisotopic (exact) mass is 252 g/mol. The van der Waals surface area contributed by atoms with Crippen LogP contribution in [-0.2, 0) is 0 Å².